The zero-order valence-electron chi connectivity index (χ0n) is 35.8. The van der Waals surface area contributed by atoms with Gasteiger partial charge in [-0.25, -0.2) is 15.0 Å². The van der Waals surface area contributed by atoms with Gasteiger partial charge in [-0.1, -0.05) is 194 Å². The van der Waals surface area contributed by atoms with Crippen molar-refractivity contribution in [3.8, 4) is 73.0 Å². The highest BCUT2D eigenvalue weighted by Gasteiger charge is 2.29. The number of aromatic nitrogens is 4. The van der Waals surface area contributed by atoms with Gasteiger partial charge in [-0.05, 0) is 105 Å². The molecule has 0 spiro atoms. The molecule has 11 aromatic rings. The average molecular weight is 833 g/mol. The molecule has 0 bridgehead atoms. The van der Waals surface area contributed by atoms with Crippen LogP contribution in [0.3, 0.4) is 0 Å². The summed E-state index contributed by atoms with van der Waals surface area (Å²) in [6.07, 6.45) is 2.49. The molecule has 308 valence electrons. The lowest BCUT2D eigenvalue weighted by atomic mass is 9.76. The molecular formula is C61H44N4. The summed E-state index contributed by atoms with van der Waals surface area (Å²) in [7, 11) is 0. The molecule has 0 N–H and O–H groups in total. The molecule has 0 radical (unpaired) electrons. The fourth-order valence-corrected chi connectivity index (χ4v) is 10.0. The van der Waals surface area contributed by atoms with Crippen molar-refractivity contribution < 1.29 is 0 Å². The molecular weight excluding hydrogens is 789 g/mol. The van der Waals surface area contributed by atoms with E-state index >= 15 is 0 Å². The van der Waals surface area contributed by atoms with Gasteiger partial charge in [0.15, 0.2) is 11.6 Å². The van der Waals surface area contributed by atoms with Gasteiger partial charge in [0.2, 0.25) is 0 Å². The van der Waals surface area contributed by atoms with E-state index in [1.807, 2.05) is 0 Å². The number of fused-ring (bicyclic) bond motifs is 7. The van der Waals surface area contributed by atoms with Gasteiger partial charge in [0.1, 0.15) is 5.82 Å². The summed E-state index contributed by atoms with van der Waals surface area (Å²) < 4.78 is 2.50. The van der Waals surface area contributed by atoms with E-state index in [0.717, 1.165) is 57.7 Å². The minimum absolute atomic E-state index is 0.253. The highest BCUT2D eigenvalue weighted by molar-refractivity contribution is 6.12. The number of benzene rings is 9. The van der Waals surface area contributed by atoms with Crippen molar-refractivity contribution in [2.75, 3.05) is 0 Å². The average Bonchev–Trinajstić information content (AvgIpc) is 3.73. The molecule has 1 aliphatic carbocycles. The maximum atomic E-state index is 5.26. The van der Waals surface area contributed by atoms with Crippen LogP contribution in [0.25, 0.3) is 94.8 Å². The Labute approximate surface area is 379 Å². The molecule has 4 heteroatoms. The topological polar surface area (TPSA) is 43.6 Å². The lowest BCUT2D eigenvalue weighted by Gasteiger charge is -2.29. The second-order valence-corrected chi connectivity index (χ2v) is 17.1. The van der Waals surface area contributed by atoms with Crippen molar-refractivity contribution in [3.05, 3.63) is 241 Å². The Kier molecular flexibility index (Phi) is 9.76. The summed E-state index contributed by atoms with van der Waals surface area (Å²) in [5.74, 6) is 2.43. The van der Waals surface area contributed by atoms with Crippen LogP contribution in [0.2, 0.25) is 0 Å². The quantitative estimate of drug-likeness (QED) is 0.145. The summed E-state index contributed by atoms with van der Waals surface area (Å²) >= 11 is 0. The monoisotopic (exact) mass is 832 g/mol. The normalized spacial score (nSPS) is 13.1. The maximum Gasteiger partial charge on any atom is 0.163 e. The van der Waals surface area contributed by atoms with Crippen LogP contribution < -0.4 is 0 Å². The van der Waals surface area contributed by atoms with Crippen LogP contribution in [0.1, 0.15) is 29.3 Å². The van der Waals surface area contributed by atoms with Gasteiger partial charge in [-0.15, -0.1) is 0 Å². The standard InChI is InChI=1S/C61H44N4/c1-4-16-41(17-5-1)44-30-33-50(34-31-44)65-57-29-13-12-28-54(57)55-36-35-53-52-27-11-10-26-51(52)47(40-56(53)59(55)65)32-37-58-62-60(48-24-14-22-45(38-48)42-18-6-2-7-19-42)64-61(63-58)49-25-15-23-46(39-49)43-20-8-3-9-21-43/h1-31,33-36,38-39,47H,32,37,40H2. The van der Waals surface area contributed by atoms with Crippen LogP contribution in [0, 0.1) is 0 Å². The lowest BCUT2D eigenvalue weighted by Crippen LogP contribution is -2.14. The first-order valence-electron chi connectivity index (χ1n) is 22.6. The molecule has 1 atom stereocenters. The minimum atomic E-state index is 0.253. The third-order valence-electron chi connectivity index (χ3n) is 13.2. The Balaban J connectivity index is 0.949. The molecule has 65 heavy (non-hydrogen) atoms. The van der Waals surface area contributed by atoms with Crippen molar-refractivity contribution in [2.24, 2.45) is 0 Å². The number of hydrogen-bond acceptors (Lipinski definition) is 3. The molecule has 2 aromatic heterocycles. The van der Waals surface area contributed by atoms with E-state index < -0.39 is 0 Å². The van der Waals surface area contributed by atoms with Crippen LogP contribution in [0.15, 0.2) is 224 Å². The van der Waals surface area contributed by atoms with Gasteiger partial charge in [-0.2, -0.15) is 0 Å². The SMILES string of the molecule is c1ccc(-c2ccc(-n3c4ccccc4c4ccc5c(c43)CC(CCc3nc(-c4cccc(-c6ccccc6)c4)nc(-c4cccc(-c6ccccc6)c4)n3)c3ccccc3-5)cc2)cc1. The Morgan fingerprint density at radius 2 is 0.923 bits per heavy atom. The Hall–Kier alpha value is -8.21. The van der Waals surface area contributed by atoms with Gasteiger partial charge in [0.25, 0.3) is 0 Å². The molecule has 12 rings (SSSR count). The van der Waals surface area contributed by atoms with Crippen molar-refractivity contribution >= 4 is 21.8 Å². The van der Waals surface area contributed by atoms with E-state index in [1.165, 1.54) is 55.2 Å². The minimum Gasteiger partial charge on any atom is -0.309 e. The lowest BCUT2D eigenvalue weighted by molar-refractivity contribution is 0.603. The number of aryl methyl sites for hydroxylation is 1. The van der Waals surface area contributed by atoms with Gasteiger partial charge >= 0.3 is 0 Å². The van der Waals surface area contributed by atoms with Gasteiger partial charge in [0, 0.05) is 34.0 Å². The third-order valence-corrected chi connectivity index (χ3v) is 13.2. The van der Waals surface area contributed by atoms with E-state index in [1.54, 1.807) is 0 Å². The smallest absolute Gasteiger partial charge is 0.163 e. The molecule has 4 nitrogen and oxygen atoms in total. The third kappa shape index (κ3) is 7.19. The molecule has 0 amide bonds. The van der Waals surface area contributed by atoms with Gasteiger partial charge < -0.3 is 4.57 Å². The molecule has 2 heterocycles. The summed E-state index contributed by atoms with van der Waals surface area (Å²) in [4.78, 5) is 15.7. The first-order valence-corrected chi connectivity index (χ1v) is 22.6. The number of rotatable bonds is 9. The van der Waals surface area contributed by atoms with Gasteiger partial charge in [0.05, 0.1) is 11.0 Å². The fourth-order valence-electron chi connectivity index (χ4n) is 10.0. The predicted molar refractivity (Wildman–Crippen MR) is 268 cm³/mol. The van der Waals surface area contributed by atoms with E-state index in [2.05, 4.69) is 229 Å². The largest absolute Gasteiger partial charge is 0.309 e. The maximum absolute atomic E-state index is 5.26. The van der Waals surface area contributed by atoms with E-state index in [-0.39, 0.29) is 5.92 Å². The second kappa shape index (κ2) is 16.5. The molecule has 1 unspecified atom stereocenters. The Morgan fingerprint density at radius 1 is 0.400 bits per heavy atom. The Morgan fingerprint density at radius 3 is 1.57 bits per heavy atom. The highest BCUT2D eigenvalue weighted by Crippen LogP contribution is 2.47. The van der Waals surface area contributed by atoms with Crippen molar-refractivity contribution in [1.29, 1.82) is 0 Å². The summed E-state index contributed by atoms with van der Waals surface area (Å²) in [6, 6.07) is 80.4. The summed E-state index contributed by atoms with van der Waals surface area (Å²) in [5.41, 5.74) is 18.0. The van der Waals surface area contributed by atoms with Crippen LogP contribution >= 0.6 is 0 Å². The van der Waals surface area contributed by atoms with Crippen LogP contribution in [-0.4, -0.2) is 19.5 Å². The first kappa shape index (κ1) is 38.5. The summed E-state index contributed by atoms with van der Waals surface area (Å²) in [6.45, 7) is 0. The zero-order valence-corrected chi connectivity index (χ0v) is 35.8. The van der Waals surface area contributed by atoms with Crippen molar-refractivity contribution in [2.45, 2.75) is 25.2 Å². The fraction of sp³-hybridized carbons (Fsp3) is 0.0656. The van der Waals surface area contributed by atoms with E-state index in [0.29, 0.717) is 18.1 Å². The number of hydrogen-bond donors (Lipinski definition) is 0. The predicted octanol–water partition coefficient (Wildman–Crippen LogP) is 15.2. The second-order valence-electron chi connectivity index (χ2n) is 17.1. The Bertz CT molecular complexity index is 3400. The molecule has 1 aliphatic rings. The molecule has 0 aliphatic heterocycles. The van der Waals surface area contributed by atoms with Crippen molar-refractivity contribution in [3.63, 3.8) is 0 Å². The van der Waals surface area contributed by atoms with Crippen LogP contribution in [-0.2, 0) is 12.8 Å². The van der Waals surface area contributed by atoms with Crippen LogP contribution in [0.4, 0.5) is 0 Å². The number of nitrogens with zero attached hydrogens (tertiary/aromatic N) is 4. The number of para-hydroxylation sites is 1. The zero-order chi connectivity index (χ0) is 43.1. The first-order chi connectivity index (χ1) is 32.2. The van der Waals surface area contributed by atoms with Crippen LogP contribution in [0.5, 0.6) is 0 Å². The molecule has 0 saturated heterocycles. The van der Waals surface area contributed by atoms with E-state index in [9.17, 15) is 0 Å². The highest BCUT2D eigenvalue weighted by atomic mass is 15.0. The molecule has 0 saturated carbocycles. The molecule has 9 aromatic carbocycles. The molecule has 0 fully saturated rings. The van der Waals surface area contributed by atoms with Crippen molar-refractivity contribution in [1.82, 2.24) is 19.5 Å². The summed E-state index contributed by atoms with van der Waals surface area (Å²) in [5, 5.41) is 2.55. The van der Waals surface area contributed by atoms with E-state index in [4.69, 9.17) is 15.0 Å². The van der Waals surface area contributed by atoms with Gasteiger partial charge in [-0.3, -0.25) is 0 Å².